The predicted octanol–water partition coefficient (Wildman–Crippen LogP) is 3.76. The number of hydrogen-bond acceptors (Lipinski definition) is 4. The summed E-state index contributed by atoms with van der Waals surface area (Å²) < 4.78 is 3.58. The fraction of sp³-hybridized carbons (Fsp3) is 0.625. The average Bonchev–Trinajstić information content (AvgIpc) is 3.39. The van der Waals surface area contributed by atoms with Gasteiger partial charge in [0.15, 0.2) is 0 Å². The van der Waals surface area contributed by atoms with Crippen molar-refractivity contribution in [3.63, 3.8) is 0 Å². The number of nitrogens with zero attached hydrogens (tertiary/aromatic N) is 3. The van der Waals surface area contributed by atoms with Crippen molar-refractivity contribution in [3.8, 4) is 0 Å². The molecule has 0 radical (unpaired) electrons. The van der Waals surface area contributed by atoms with Gasteiger partial charge >= 0.3 is 0 Å². The Labute approximate surface area is 141 Å². The van der Waals surface area contributed by atoms with E-state index in [9.17, 15) is 5.11 Å². The minimum atomic E-state index is -0.213. The van der Waals surface area contributed by atoms with Gasteiger partial charge in [-0.05, 0) is 66.6 Å². The van der Waals surface area contributed by atoms with E-state index in [2.05, 4.69) is 42.8 Å². The average molecular weight is 380 g/mol. The lowest BCUT2D eigenvalue weighted by Gasteiger charge is -2.44. The van der Waals surface area contributed by atoms with Gasteiger partial charge < -0.3 is 9.67 Å². The number of aliphatic hydroxyl groups is 1. The normalized spacial score (nSPS) is 31.3. The summed E-state index contributed by atoms with van der Waals surface area (Å²) in [5, 5.41) is 19.2. The highest BCUT2D eigenvalue weighted by molar-refractivity contribution is 9.11. The maximum absolute atomic E-state index is 10.0. The van der Waals surface area contributed by atoms with Crippen LogP contribution >= 0.6 is 27.3 Å². The van der Waals surface area contributed by atoms with E-state index in [1.807, 2.05) is 0 Å². The Kier molecular flexibility index (Phi) is 2.89. The Morgan fingerprint density at radius 2 is 1.95 bits per heavy atom. The number of hydrogen-bond donors (Lipinski definition) is 1. The minimum Gasteiger partial charge on any atom is -0.393 e. The van der Waals surface area contributed by atoms with E-state index in [1.54, 1.807) is 11.3 Å². The Hall–Kier alpha value is -0.720. The molecule has 2 heterocycles. The number of thiophene rings is 1. The highest BCUT2D eigenvalue weighted by Crippen LogP contribution is 2.54. The van der Waals surface area contributed by atoms with Crippen LogP contribution in [0.3, 0.4) is 0 Å². The van der Waals surface area contributed by atoms with Crippen molar-refractivity contribution >= 4 is 27.3 Å². The molecule has 4 nitrogen and oxygen atoms in total. The van der Waals surface area contributed by atoms with Gasteiger partial charge in [-0.2, -0.15) is 0 Å². The van der Waals surface area contributed by atoms with Crippen molar-refractivity contribution in [2.45, 2.75) is 62.0 Å². The largest absolute Gasteiger partial charge is 0.393 e. The second kappa shape index (κ2) is 4.65. The highest BCUT2D eigenvalue weighted by atomic mass is 79.9. The molecule has 1 N–H and O–H groups in total. The molecular formula is C16H18BrN3OS. The van der Waals surface area contributed by atoms with Crippen LogP contribution in [0.2, 0.25) is 0 Å². The van der Waals surface area contributed by atoms with Crippen LogP contribution in [0.5, 0.6) is 0 Å². The minimum absolute atomic E-state index is 0.126. The van der Waals surface area contributed by atoms with Gasteiger partial charge in [-0.3, -0.25) is 0 Å². The van der Waals surface area contributed by atoms with Gasteiger partial charge in [0, 0.05) is 16.8 Å². The number of aliphatic hydroxyl groups excluding tert-OH is 1. The first-order chi connectivity index (χ1) is 10.7. The van der Waals surface area contributed by atoms with E-state index >= 15 is 0 Å². The predicted molar refractivity (Wildman–Crippen MR) is 88.3 cm³/mol. The molecule has 0 spiro atoms. The fourth-order valence-corrected chi connectivity index (χ4v) is 5.34. The molecule has 0 atom stereocenters. The lowest BCUT2D eigenvalue weighted by molar-refractivity contribution is 0.0334. The maximum Gasteiger partial charge on any atom is 0.145 e. The van der Waals surface area contributed by atoms with E-state index in [0.29, 0.717) is 12.0 Å². The van der Waals surface area contributed by atoms with E-state index in [0.717, 1.165) is 22.5 Å². The SMILES string of the molecule is O[C@H]1C[C@](c2ccc(Br)s2)(c2nnc(C3CC3)n2C2CC2)C1. The summed E-state index contributed by atoms with van der Waals surface area (Å²) in [6, 6.07) is 4.88. The molecule has 3 fully saturated rings. The van der Waals surface area contributed by atoms with Gasteiger partial charge in [-0.25, -0.2) is 0 Å². The van der Waals surface area contributed by atoms with Crippen LogP contribution < -0.4 is 0 Å². The van der Waals surface area contributed by atoms with Crippen molar-refractivity contribution in [3.05, 3.63) is 32.4 Å². The molecule has 0 unspecified atom stereocenters. The Balaban J connectivity index is 1.64. The molecule has 3 saturated carbocycles. The topological polar surface area (TPSA) is 50.9 Å². The summed E-state index contributed by atoms with van der Waals surface area (Å²) in [4.78, 5) is 1.31. The molecule has 0 aromatic carbocycles. The summed E-state index contributed by atoms with van der Waals surface area (Å²) in [6.45, 7) is 0. The Bertz CT molecular complexity index is 726. The third kappa shape index (κ3) is 1.96. The lowest BCUT2D eigenvalue weighted by atomic mass is 9.65. The second-order valence-electron chi connectivity index (χ2n) is 7.01. The molecule has 0 aliphatic heterocycles. The van der Waals surface area contributed by atoms with Gasteiger partial charge in [0.25, 0.3) is 0 Å². The Morgan fingerprint density at radius 3 is 2.50 bits per heavy atom. The van der Waals surface area contributed by atoms with Crippen molar-refractivity contribution in [1.82, 2.24) is 14.8 Å². The van der Waals surface area contributed by atoms with Crippen LogP contribution in [0.1, 0.15) is 67.0 Å². The first kappa shape index (κ1) is 13.7. The standard InChI is InChI=1S/C16H18BrN3OS/c17-13-6-5-12(22-13)16(7-11(21)8-16)15-19-18-14(9-1-2-9)20(15)10-3-4-10/h5-6,9-11,21H,1-4,7-8H2/t11-,16-. The van der Waals surface area contributed by atoms with Crippen LogP contribution in [0.15, 0.2) is 15.9 Å². The molecule has 116 valence electrons. The van der Waals surface area contributed by atoms with Crippen LogP contribution in [0.4, 0.5) is 0 Å². The summed E-state index contributed by atoms with van der Waals surface area (Å²) in [5.41, 5.74) is -0.126. The third-order valence-corrected chi connectivity index (χ3v) is 7.05. The first-order valence-electron chi connectivity index (χ1n) is 8.06. The fourth-order valence-electron chi connectivity index (χ4n) is 3.75. The molecule has 2 aromatic heterocycles. The zero-order chi connectivity index (χ0) is 14.9. The highest BCUT2D eigenvalue weighted by Gasteiger charge is 2.52. The van der Waals surface area contributed by atoms with Gasteiger partial charge in [-0.1, -0.05) is 0 Å². The molecule has 0 bridgehead atoms. The van der Waals surface area contributed by atoms with Crippen LogP contribution in [-0.2, 0) is 5.41 Å². The Morgan fingerprint density at radius 1 is 1.18 bits per heavy atom. The molecule has 0 amide bonds. The summed E-state index contributed by atoms with van der Waals surface area (Å²) in [7, 11) is 0. The maximum atomic E-state index is 10.0. The van der Waals surface area contributed by atoms with E-state index in [4.69, 9.17) is 0 Å². The van der Waals surface area contributed by atoms with Gasteiger partial charge in [0.1, 0.15) is 11.6 Å². The summed E-state index contributed by atoms with van der Waals surface area (Å²) >= 11 is 5.34. The molecule has 2 aromatic rings. The summed E-state index contributed by atoms with van der Waals surface area (Å²) in [6.07, 6.45) is 6.34. The van der Waals surface area contributed by atoms with Crippen LogP contribution in [0, 0.1) is 0 Å². The number of aromatic nitrogens is 3. The van der Waals surface area contributed by atoms with Gasteiger partial charge in [0.05, 0.1) is 15.3 Å². The monoisotopic (exact) mass is 379 g/mol. The third-order valence-electron chi connectivity index (χ3n) is 5.22. The number of rotatable bonds is 4. The molecule has 6 heteroatoms. The second-order valence-corrected chi connectivity index (χ2v) is 9.47. The van der Waals surface area contributed by atoms with Crippen LogP contribution in [-0.4, -0.2) is 26.0 Å². The van der Waals surface area contributed by atoms with Gasteiger partial charge in [0.2, 0.25) is 0 Å². The number of halogens is 1. The molecule has 22 heavy (non-hydrogen) atoms. The van der Waals surface area contributed by atoms with Crippen LogP contribution in [0.25, 0.3) is 0 Å². The van der Waals surface area contributed by atoms with Crippen molar-refractivity contribution < 1.29 is 5.11 Å². The van der Waals surface area contributed by atoms with Crippen molar-refractivity contribution in [2.75, 3.05) is 0 Å². The molecular weight excluding hydrogens is 362 g/mol. The zero-order valence-corrected chi connectivity index (χ0v) is 14.6. The van der Waals surface area contributed by atoms with Crippen molar-refractivity contribution in [2.24, 2.45) is 0 Å². The zero-order valence-electron chi connectivity index (χ0n) is 12.2. The quantitative estimate of drug-likeness (QED) is 0.879. The van der Waals surface area contributed by atoms with Gasteiger partial charge in [-0.15, -0.1) is 21.5 Å². The smallest absolute Gasteiger partial charge is 0.145 e. The lowest BCUT2D eigenvalue weighted by Crippen LogP contribution is -2.47. The van der Waals surface area contributed by atoms with E-state index in [-0.39, 0.29) is 11.5 Å². The van der Waals surface area contributed by atoms with E-state index < -0.39 is 0 Å². The summed E-state index contributed by atoms with van der Waals surface area (Å²) in [5.74, 6) is 2.93. The van der Waals surface area contributed by atoms with E-state index in [1.165, 1.54) is 36.4 Å². The molecule has 5 rings (SSSR count). The first-order valence-corrected chi connectivity index (χ1v) is 9.67. The van der Waals surface area contributed by atoms with Crippen molar-refractivity contribution in [1.29, 1.82) is 0 Å². The molecule has 3 aliphatic rings. The molecule has 3 aliphatic carbocycles. The molecule has 0 saturated heterocycles.